The van der Waals surface area contributed by atoms with Crippen LogP contribution in [-0.2, 0) is 0 Å². The van der Waals surface area contributed by atoms with Crippen molar-refractivity contribution in [3.8, 4) is 0 Å². The lowest BCUT2D eigenvalue weighted by atomic mass is 10.2. The van der Waals surface area contributed by atoms with Gasteiger partial charge in [0, 0.05) is 30.6 Å². The molecule has 1 aromatic heterocycles. The number of carbonyl (C=O) groups excluding carboxylic acids is 1. The van der Waals surface area contributed by atoms with Crippen LogP contribution in [0.25, 0.3) is 10.9 Å². The molecule has 1 fully saturated rings. The molecule has 0 unspecified atom stereocenters. The van der Waals surface area contributed by atoms with Crippen LogP contribution in [0.4, 0.5) is 0 Å². The molecular formula is C17H21N3O. The molecule has 2 heterocycles. The largest absolute Gasteiger partial charge is 0.347 e. The first kappa shape index (κ1) is 14.0. The van der Waals surface area contributed by atoms with E-state index in [0.717, 1.165) is 30.4 Å². The number of hydrogen-bond acceptors (Lipinski definition) is 3. The summed E-state index contributed by atoms with van der Waals surface area (Å²) in [4.78, 5) is 19.2. The molecule has 110 valence electrons. The van der Waals surface area contributed by atoms with Gasteiger partial charge in [-0.25, -0.2) is 4.98 Å². The number of rotatable bonds is 3. The van der Waals surface area contributed by atoms with Gasteiger partial charge in [0.1, 0.15) is 5.69 Å². The number of aromatic nitrogens is 1. The minimum atomic E-state index is -0.0728. The van der Waals surface area contributed by atoms with Crippen molar-refractivity contribution in [2.75, 3.05) is 13.1 Å². The van der Waals surface area contributed by atoms with Crippen LogP contribution >= 0.6 is 0 Å². The van der Waals surface area contributed by atoms with E-state index in [9.17, 15) is 4.79 Å². The molecule has 3 rings (SSSR count). The van der Waals surface area contributed by atoms with E-state index in [-0.39, 0.29) is 11.9 Å². The van der Waals surface area contributed by atoms with Crippen LogP contribution in [-0.4, -0.2) is 41.0 Å². The van der Waals surface area contributed by atoms with Gasteiger partial charge in [-0.3, -0.25) is 9.69 Å². The van der Waals surface area contributed by atoms with Gasteiger partial charge in [0.15, 0.2) is 0 Å². The molecule has 0 aliphatic carbocycles. The highest BCUT2D eigenvalue weighted by atomic mass is 16.1. The predicted molar refractivity (Wildman–Crippen MR) is 84.3 cm³/mol. The Morgan fingerprint density at radius 2 is 2.10 bits per heavy atom. The first-order valence-electron chi connectivity index (χ1n) is 7.54. The zero-order chi connectivity index (χ0) is 14.8. The lowest BCUT2D eigenvalue weighted by molar-refractivity contribution is 0.0932. The lowest BCUT2D eigenvalue weighted by Crippen LogP contribution is -2.38. The topological polar surface area (TPSA) is 45.2 Å². The quantitative estimate of drug-likeness (QED) is 0.941. The van der Waals surface area contributed by atoms with Gasteiger partial charge in [-0.15, -0.1) is 0 Å². The van der Waals surface area contributed by atoms with Crippen LogP contribution in [0.2, 0.25) is 0 Å². The maximum Gasteiger partial charge on any atom is 0.270 e. The highest BCUT2D eigenvalue weighted by Gasteiger charge is 2.25. The van der Waals surface area contributed by atoms with E-state index in [0.29, 0.717) is 11.7 Å². The molecule has 1 aromatic carbocycles. The van der Waals surface area contributed by atoms with Crippen molar-refractivity contribution in [2.24, 2.45) is 0 Å². The first-order valence-corrected chi connectivity index (χ1v) is 7.54. The number of nitrogens with one attached hydrogen (secondary N) is 1. The molecule has 4 heteroatoms. The van der Waals surface area contributed by atoms with Gasteiger partial charge >= 0.3 is 0 Å². The molecule has 2 aromatic rings. The summed E-state index contributed by atoms with van der Waals surface area (Å²) >= 11 is 0. The van der Waals surface area contributed by atoms with E-state index in [1.54, 1.807) is 6.07 Å². The third-order valence-electron chi connectivity index (χ3n) is 4.12. The number of fused-ring (bicyclic) bond motifs is 1. The van der Waals surface area contributed by atoms with E-state index < -0.39 is 0 Å². The Balaban J connectivity index is 1.70. The van der Waals surface area contributed by atoms with Gasteiger partial charge < -0.3 is 5.32 Å². The highest BCUT2D eigenvalue weighted by molar-refractivity contribution is 5.95. The Morgan fingerprint density at radius 3 is 2.86 bits per heavy atom. The third-order valence-corrected chi connectivity index (χ3v) is 4.12. The van der Waals surface area contributed by atoms with Crippen molar-refractivity contribution in [2.45, 2.75) is 32.4 Å². The molecule has 0 saturated carbocycles. The van der Waals surface area contributed by atoms with Crippen LogP contribution in [0.1, 0.15) is 30.8 Å². The average Bonchev–Trinajstić information content (AvgIpc) is 2.95. The van der Waals surface area contributed by atoms with Gasteiger partial charge in [-0.1, -0.05) is 24.3 Å². The normalized spacial score (nSPS) is 19.3. The Morgan fingerprint density at radius 1 is 1.29 bits per heavy atom. The summed E-state index contributed by atoms with van der Waals surface area (Å²) in [5.74, 6) is -0.0728. The Labute approximate surface area is 125 Å². The molecule has 0 spiro atoms. The number of likely N-dealkylation sites (tertiary alicyclic amines) is 1. The lowest BCUT2D eigenvalue weighted by Gasteiger charge is -2.20. The van der Waals surface area contributed by atoms with Crippen LogP contribution in [0.15, 0.2) is 36.4 Å². The average molecular weight is 283 g/mol. The molecule has 1 N–H and O–H groups in total. The molecule has 1 atom stereocenters. The fraction of sp³-hybridized carbons (Fsp3) is 0.412. The van der Waals surface area contributed by atoms with E-state index in [1.807, 2.05) is 30.3 Å². The number of benzene rings is 1. The minimum absolute atomic E-state index is 0.0728. The summed E-state index contributed by atoms with van der Waals surface area (Å²) in [7, 11) is 0. The molecule has 1 aliphatic rings. The number of amides is 1. The van der Waals surface area contributed by atoms with Crippen molar-refractivity contribution in [1.29, 1.82) is 0 Å². The van der Waals surface area contributed by atoms with Gasteiger partial charge in [-0.05, 0) is 32.4 Å². The fourth-order valence-corrected chi connectivity index (χ4v) is 2.83. The zero-order valence-corrected chi connectivity index (χ0v) is 12.5. The molecule has 0 bridgehead atoms. The van der Waals surface area contributed by atoms with Crippen LogP contribution < -0.4 is 5.32 Å². The summed E-state index contributed by atoms with van der Waals surface area (Å²) in [6.45, 7) is 6.36. The summed E-state index contributed by atoms with van der Waals surface area (Å²) < 4.78 is 0. The second-order valence-electron chi connectivity index (χ2n) is 5.94. The molecule has 4 nitrogen and oxygen atoms in total. The first-order chi connectivity index (χ1) is 10.1. The molecule has 1 amide bonds. The number of pyridine rings is 1. The third kappa shape index (κ3) is 3.05. The smallest absolute Gasteiger partial charge is 0.270 e. The van der Waals surface area contributed by atoms with E-state index in [4.69, 9.17) is 0 Å². The Bertz CT molecular complexity index is 653. The second-order valence-corrected chi connectivity index (χ2v) is 5.94. The van der Waals surface area contributed by atoms with Crippen LogP contribution in [0.5, 0.6) is 0 Å². The zero-order valence-electron chi connectivity index (χ0n) is 12.5. The van der Waals surface area contributed by atoms with Crippen molar-refractivity contribution in [3.63, 3.8) is 0 Å². The molecule has 21 heavy (non-hydrogen) atoms. The maximum atomic E-state index is 12.3. The summed E-state index contributed by atoms with van der Waals surface area (Å²) in [5, 5.41) is 4.16. The van der Waals surface area contributed by atoms with E-state index in [1.165, 1.54) is 0 Å². The molecular weight excluding hydrogens is 262 g/mol. The second kappa shape index (κ2) is 5.82. The number of hydrogen-bond donors (Lipinski definition) is 1. The van der Waals surface area contributed by atoms with E-state index in [2.05, 4.69) is 29.0 Å². The Kier molecular flexibility index (Phi) is 3.88. The maximum absolute atomic E-state index is 12.3. The van der Waals surface area contributed by atoms with Crippen LogP contribution in [0, 0.1) is 0 Å². The summed E-state index contributed by atoms with van der Waals surface area (Å²) in [6.07, 6.45) is 1.01. The molecule has 0 radical (unpaired) electrons. The van der Waals surface area contributed by atoms with Crippen molar-refractivity contribution in [3.05, 3.63) is 42.1 Å². The van der Waals surface area contributed by atoms with Crippen LogP contribution in [0.3, 0.4) is 0 Å². The number of carbonyl (C=O) groups is 1. The van der Waals surface area contributed by atoms with Gasteiger partial charge in [-0.2, -0.15) is 0 Å². The number of nitrogens with zero attached hydrogens (tertiary/aromatic N) is 2. The Hall–Kier alpha value is -1.94. The fourth-order valence-electron chi connectivity index (χ4n) is 2.83. The SMILES string of the molecule is CC(C)N1CC[C@@H](NC(=O)c2ccc3ccccc3n2)C1. The van der Waals surface area contributed by atoms with Crippen molar-refractivity contribution >= 4 is 16.8 Å². The molecule has 1 aliphatic heterocycles. The summed E-state index contributed by atoms with van der Waals surface area (Å²) in [5.41, 5.74) is 1.36. The summed E-state index contributed by atoms with van der Waals surface area (Å²) in [6, 6.07) is 12.4. The monoisotopic (exact) mass is 283 g/mol. The van der Waals surface area contributed by atoms with Gasteiger partial charge in [0.2, 0.25) is 0 Å². The standard InChI is InChI=1S/C17H21N3O/c1-12(2)20-10-9-14(11-20)18-17(21)16-8-7-13-5-3-4-6-15(13)19-16/h3-8,12,14H,9-11H2,1-2H3,(H,18,21)/t14-/m1/s1. The number of para-hydroxylation sites is 1. The predicted octanol–water partition coefficient (Wildman–Crippen LogP) is 2.45. The highest BCUT2D eigenvalue weighted by Crippen LogP contribution is 2.14. The molecule has 1 saturated heterocycles. The van der Waals surface area contributed by atoms with E-state index >= 15 is 0 Å². The van der Waals surface area contributed by atoms with Crippen molar-refractivity contribution < 1.29 is 4.79 Å². The van der Waals surface area contributed by atoms with Gasteiger partial charge in [0.05, 0.1) is 5.52 Å². The minimum Gasteiger partial charge on any atom is -0.347 e. The van der Waals surface area contributed by atoms with Gasteiger partial charge in [0.25, 0.3) is 5.91 Å². The van der Waals surface area contributed by atoms with Crippen molar-refractivity contribution in [1.82, 2.24) is 15.2 Å².